The molecule has 0 spiro atoms. The average molecular weight is 346 g/mol. The fourth-order valence-corrected chi connectivity index (χ4v) is 2.71. The Hall–Kier alpha value is -3.14. The first kappa shape index (κ1) is 17.7. The third kappa shape index (κ3) is 4.70. The molecular formula is C22H22N2O2. The van der Waals surface area contributed by atoms with E-state index in [2.05, 4.69) is 17.2 Å². The van der Waals surface area contributed by atoms with Crippen molar-refractivity contribution in [3.8, 4) is 11.1 Å². The largest absolute Gasteiger partial charge is 0.463 e. The number of carbonyl (C=O) groups excluding carboxylic acids is 1. The molecule has 0 N–H and O–H groups in total. The van der Waals surface area contributed by atoms with Crippen LogP contribution in [0, 0.1) is 0 Å². The first-order chi connectivity index (χ1) is 12.8. The maximum Gasteiger partial charge on any atom is 0.334 e. The van der Waals surface area contributed by atoms with Crippen molar-refractivity contribution in [3.63, 3.8) is 0 Å². The van der Waals surface area contributed by atoms with Crippen LogP contribution in [0.15, 0.2) is 78.6 Å². The van der Waals surface area contributed by atoms with Crippen molar-refractivity contribution in [3.05, 3.63) is 84.2 Å². The van der Waals surface area contributed by atoms with Crippen LogP contribution in [0.25, 0.3) is 17.2 Å². The Morgan fingerprint density at radius 3 is 2.42 bits per heavy atom. The minimum absolute atomic E-state index is 0.271. The Bertz CT molecular complexity index is 867. The summed E-state index contributed by atoms with van der Waals surface area (Å²) < 4.78 is 7.06. The van der Waals surface area contributed by atoms with Crippen LogP contribution in [0.5, 0.6) is 0 Å². The summed E-state index contributed by atoms with van der Waals surface area (Å²) in [7, 11) is 0. The van der Waals surface area contributed by atoms with E-state index in [1.54, 1.807) is 0 Å². The van der Waals surface area contributed by atoms with Crippen molar-refractivity contribution < 1.29 is 9.53 Å². The fourth-order valence-electron chi connectivity index (χ4n) is 2.71. The molecular weight excluding hydrogens is 324 g/mol. The topological polar surface area (TPSA) is 44.1 Å². The van der Waals surface area contributed by atoms with Gasteiger partial charge in [-0.3, -0.25) is 4.68 Å². The van der Waals surface area contributed by atoms with Crippen molar-refractivity contribution in [2.24, 2.45) is 0 Å². The van der Waals surface area contributed by atoms with Gasteiger partial charge in [0, 0.05) is 23.9 Å². The number of aromatic nitrogens is 2. The molecule has 0 radical (unpaired) electrons. The van der Waals surface area contributed by atoms with Gasteiger partial charge in [-0.15, -0.1) is 0 Å². The van der Waals surface area contributed by atoms with Crippen LogP contribution in [-0.4, -0.2) is 22.4 Å². The zero-order chi connectivity index (χ0) is 18.2. The van der Waals surface area contributed by atoms with Crippen molar-refractivity contribution in [1.29, 1.82) is 0 Å². The molecule has 0 unspecified atom stereocenters. The second kappa shape index (κ2) is 8.81. The maximum atomic E-state index is 12.3. The molecule has 0 amide bonds. The van der Waals surface area contributed by atoms with E-state index in [0.717, 1.165) is 16.7 Å². The number of hydrogen-bond donors (Lipinski definition) is 0. The third-order valence-electron chi connectivity index (χ3n) is 4.03. The number of rotatable bonds is 7. The third-order valence-corrected chi connectivity index (χ3v) is 4.03. The number of esters is 1. The number of benzene rings is 2. The summed E-state index contributed by atoms with van der Waals surface area (Å²) in [6, 6.07) is 19.9. The molecule has 0 fully saturated rings. The first-order valence-corrected chi connectivity index (χ1v) is 8.77. The van der Waals surface area contributed by atoms with E-state index in [1.807, 2.05) is 78.6 Å². The predicted molar refractivity (Wildman–Crippen MR) is 103 cm³/mol. The molecule has 0 aliphatic carbocycles. The van der Waals surface area contributed by atoms with Crippen LogP contribution < -0.4 is 0 Å². The lowest BCUT2D eigenvalue weighted by atomic mass is 10.1. The molecule has 0 bridgehead atoms. The fraction of sp³-hybridized carbons (Fsp3) is 0.182. The maximum absolute atomic E-state index is 12.3. The van der Waals surface area contributed by atoms with Crippen molar-refractivity contribution >= 4 is 12.0 Å². The van der Waals surface area contributed by atoms with Crippen LogP contribution in [0.2, 0.25) is 0 Å². The van der Waals surface area contributed by atoms with Gasteiger partial charge in [0.05, 0.1) is 12.8 Å². The molecule has 4 nitrogen and oxygen atoms in total. The number of ether oxygens (including phenoxy) is 1. The van der Waals surface area contributed by atoms with Gasteiger partial charge in [0.2, 0.25) is 0 Å². The van der Waals surface area contributed by atoms with E-state index in [0.29, 0.717) is 25.1 Å². The lowest BCUT2D eigenvalue weighted by molar-refractivity contribution is -0.138. The van der Waals surface area contributed by atoms with Gasteiger partial charge in [0.15, 0.2) is 0 Å². The number of aryl methyl sites for hydroxylation is 1. The second-order valence-electron chi connectivity index (χ2n) is 5.91. The zero-order valence-corrected chi connectivity index (χ0v) is 14.8. The van der Waals surface area contributed by atoms with Gasteiger partial charge in [-0.05, 0) is 30.5 Å². The molecule has 132 valence electrons. The van der Waals surface area contributed by atoms with Crippen LogP contribution in [0.4, 0.5) is 0 Å². The Labute approximate surface area is 153 Å². The Balaban J connectivity index is 1.73. The minimum Gasteiger partial charge on any atom is -0.463 e. The quantitative estimate of drug-likeness (QED) is 0.464. The minimum atomic E-state index is -0.271. The van der Waals surface area contributed by atoms with E-state index in [1.165, 1.54) is 0 Å². The number of carbonyl (C=O) groups is 1. The molecule has 3 rings (SSSR count). The van der Waals surface area contributed by atoms with Gasteiger partial charge in [-0.1, -0.05) is 60.7 Å². The summed E-state index contributed by atoms with van der Waals surface area (Å²) >= 11 is 0. The summed E-state index contributed by atoms with van der Waals surface area (Å²) in [6.07, 6.45) is 6.30. The zero-order valence-electron chi connectivity index (χ0n) is 14.8. The van der Waals surface area contributed by atoms with Gasteiger partial charge in [0.1, 0.15) is 0 Å². The molecule has 3 aromatic rings. The summed E-state index contributed by atoms with van der Waals surface area (Å²) in [6.45, 7) is 2.80. The molecule has 0 atom stereocenters. The SMILES string of the molecule is CCOC(=O)/C(=C/c1ccccc1)CCn1cc(-c2ccccc2)cn1. The highest BCUT2D eigenvalue weighted by atomic mass is 16.5. The van der Waals surface area contributed by atoms with Crippen molar-refractivity contribution in [2.45, 2.75) is 19.9 Å². The molecule has 0 saturated carbocycles. The smallest absolute Gasteiger partial charge is 0.334 e. The van der Waals surface area contributed by atoms with Gasteiger partial charge in [0.25, 0.3) is 0 Å². The molecule has 0 aliphatic rings. The Morgan fingerprint density at radius 2 is 1.73 bits per heavy atom. The summed E-state index contributed by atoms with van der Waals surface area (Å²) in [5.74, 6) is -0.271. The standard InChI is InChI=1S/C22H22N2O2/c1-2-26-22(25)20(15-18-9-5-3-6-10-18)13-14-24-17-21(16-23-24)19-11-7-4-8-12-19/h3-12,15-17H,2,13-14H2,1H3/b20-15+. The van der Waals surface area contributed by atoms with Crippen LogP contribution in [-0.2, 0) is 16.1 Å². The van der Waals surface area contributed by atoms with Crippen molar-refractivity contribution in [2.75, 3.05) is 6.61 Å². The average Bonchev–Trinajstić information content (AvgIpc) is 3.16. The van der Waals surface area contributed by atoms with Gasteiger partial charge < -0.3 is 4.74 Å². The molecule has 1 heterocycles. The van der Waals surface area contributed by atoms with Crippen molar-refractivity contribution in [1.82, 2.24) is 9.78 Å². The highest BCUT2D eigenvalue weighted by Crippen LogP contribution is 2.19. The van der Waals surface area contributed by atoms with Crippen LogP contribution >= 0.6 is 0 Å². The molecule has 2 aromatic carbocycles. The van der Waals surface area contributed by atoms with Crippen LogP contribution in [0.3, 0.4) is 0 Å². The number of hydrogen-bond acceptors (Lipinski definition) is 3. The number of nitrogens with zero attached hydrogens (tertiary/aromatic N) is 2. The molecule has 0 saturated heterocycles. The van der Waals surface area contributed by atoms with Gasteiger partial charge >= 0.3 is 5.97 Å². The normalized spacial score (nSPS) is 11.3. The van der Waals surface area contributed by atoms with Gasteiger partial charge in [-0.2, -0.15) is 5.10 Å². The highest BCUT2D eigenvalue weighted by molar-refractivity contribution is 5.93. The van der Waals surface area contributed by atoms with Crippen LogP contribution in [0.1, 0.15) is 18.9 Å². The van der Waals surface area contributed by atoms with E-state index in [4.69, 9.17) is 4.74 Å². The molecule has 0 aliphatic heterocycles. The van der Waals surface area contributed by atoms with Gasteiger partial charge in [-0.25, -0.2) is 4.79 Å². The van der Waals surface area contributed by atoms with E-state index < -0.39 is 0 Å². The highest BCUT2D eigenvalue weighted by Gasteiger charge is 2.11. The molecule has 4 heteroatoms. The Morgan fingerprint density at radius 1 is 1.04 bits per heavy atom. The Kier molecular flexibility index (Phi) is 5.99. The predicted octanol–water partition coefficient (Wildman–Crippen LogP) is 4.59. The van der Waals surface area contributed by atoms with E-state index in [9.17, 15) is 4.79 Å². The lowest BCUT2D eigenvalue weighted by Gasteiger charge is -2.08. The summed E-state index contributed by atoms with van der Waals surface area (Å²) in [5, 5.41) is 4.41. The summed E-state index contributed by atoms with van der Waals surface area (Å²) in [4.78, 5) is 12.3. The molecule has 1 aromatic heterocycles. The summed E-state index contributed by atoms with van der Waals surface area (Å²) in [5.41, 5.74) is 3.83. The van der Waals surface area contributed by atoms with E-state index in [-0.39, 0.29) is 5.97 Å². The van der Waals surface area contributed by atoms with E-state index >= 15 is 0 Å². The lowest BCUT2D eigenvalue weighted by Crippen LogP contribution is -2.10. The molecule has 26 heavy (non-hydrogen) atoms. The second-order valence-corrected chi connectivity index (χ2v) is 5.91. The first-order valence-electron chi connectivity index (χ1n) is 8.77. The monoisotopic (exact) mass is 346 g/mol.